The van der Waals surface area contributed by atoms with Crippen LogP contribution < -0.4 is 13.5 Å². The summed E-state index contributed by atoms with van der Waals surface area (Å²) >= 11 is 6.69. The van der Waals surface area contributed by atoms with Crippen molar-refractivity contribution in [3.8, 4) is 31.3 Å². The normalized spacial score (nSPS) is 15.5. The summed E-state index contributed by atoms with van der Waals surface area (Å²) in [6.45, 7) is 46.4. The van der Waals surface area contributed by atoms with Crippen molar-refractivity contribution >= 4 is 71.7 Å². The Hall–Kier alpha value is -5.71. The summed E-state index contributed by atoms with van der Waals surface area (Å²) in [6, 6.07) is 80.6. The van der Waals surface area contributed by atoms with E-state index < -0.39 is 40.5 Å². The van der Waals surface area contributed by atoms with Gasteiger partial charge in [-0.2, -0.15) is 0 Å². The molecule has 3 aliphatic carbocycles. The van der Waals surface area contributed by atoms with E-state index in [0.29, 0.717) is 49.9 Å². The van der Waals surface area contributed by atoms with Crippen LogP contribution in [-0.4, -0.2) is 24.2 Å². The van der Waals surface area contributed by atoms with Gasteiger partial charge in [-0.15, -0.1) is 34.0 Å². The molecule has 0 bridgehead atoms. The lowest BCUT2D eigenvalue weighted by Crippen LogP contribution is -2.54. The molecule has 0 saturated carbocycles. The van der Waals surface area contributed by atoms with Crippen molar-refractivity contribution < 1.29 is 0 Å². The molecule has 0 nitrogen and oxygen atoms in total. The van der Waals surface area contributed by atoms with Gasteiger partial charge >= 0.3 is 0 Å². The topological polar surface area (TPSA) is 0 Å². The molecular formula is C84H96S3Si3. The van der Waals surface area contributed by atoms with E-state index in [-0.39, 0.29) is 0 Å². The van der Waals surface area contributed by atoms with Crippen molar-refractivity contribution in [3.05, 3.63) is 267 Å². The molecule has 6 heteroatoms. The maximum Gasteiger partial charge on any atom is 0.107 e. The number of hydrogen-bond acceptors (Lipinski definition) is 3. The molecule has 0 radical (unpaired) electrons. The summed E-state index contributed by atoms with van der Waals surface area (Å²) < 4.78 is 4.98. The number of benzene rings is 7. The van der Waals surface area contributed by atoms with Gasteiger partial charge in [-0.3, -0.25) is 0 Å². The highest BCUT2D eigenvalue weighted by Crippen LogP contribution is 2.75. The van der Waals surface area contributed by atoms with Crippen molar-refractivity contribution in [1.29, 1.82) is 0 Å². The molecule has 0 spiro atoms. The molecule has 0 aliphatic heterocycles. The van der Waals surface area contributed by atoms with E-state index in [0.717, 1.165) is 0 Å². The third-order valence-electron chi connectivity index (χ3n) is 23.8. The Morgan fingerprint density at radius 1 is 0.233 bits per heavy atom. The van der Waals surface area contributed by atoms with Gasteiger partial charge in [-0.05, 0) is 148 Å². The largest absolute Gasteiger partial charge is 0.145 e. The van der Waals surface area contributed by atoms with Crippen LogP contribution in [-0.2, 0) is 16.2 Å². The van der Waals surface area contributed by atoms with Crippen LogP contribution >= 0.6 is 34.0 Å². The van der Waals surface area contributed by atoms with Gasteiger partial charge in [0.1, 0.15) is 24.2 Å². The summed E-state index contributed by atoms with van der Waals surface area (Å²) in [7, 11) is -6.87. The summed E-state index contributed by atoms with van der Waals surface area (Å²) in [5, 5.41) is 0. The Bertz CT molecular complexity index is 3590. The Morgan fingerprint density at radius 2 is 0.389 bits per heavy atom. The summed E-state index contributed by atoms with van der Waals surface area (Å²) in [6.07, 6.45) is 0. The molecule has 462 valence electrons. The average Bonchev–Trinajstić information content (AvgIpc) is 1.46. The van der Waals surface area contributed by atoms with Gasteiger partial charge in [0.2, 0.25) is 0 Å². The van der Waals surface area contributed by atoms with Crippen molar-refractivity contribution in [2.24, 2.45) is 0 Å². The Labute approximate surface area is 556 Å². The lowest BCUT2D eigenvalue weighted by atomic mass is 9.61. The van der Waals surface area contributed by atoms with Crippen molar-refractivity contribution in [2.75, 3.05) is 0 Å². The highest BCUT2D eigenvalue weighted by molar-refractivity contribution is 7.31. The molecule has 10 aromatic rings. The molecule has 3 heterocycles. The fourth-order valence-electron chi connectivity index (χ4n) is 21.2. The van der Waals surface area contributed by atoms with Crippen molar-refractivity contribution in [1.82, 2.24) is 0 Å². The van der Waals surface area contributed by atoms with Gasteiger partial charge in [0.15, 0.2) is 0 Å². The van der Waals surface area contributed by atoms with Gasteiger partial charge < -0.3 is 0 Å². The molecule has 90 heavy (non-hydrogen) atoms. The second kappa shape index (κ2) is 23.1. The molecule has 3 aliphatic rings. The van der Waals surface area contributed by atoms with Gasteiger partial charge in [-0.25, -0.2) is 0 Å². The zero-order valence-corrected chi connectivity index (χ0v) is 62.4. The maximum absolute atomic E-state index is 2.87. The van der Waals surface area contributed by atoms with E-state index in [1.807, 2.05) is 0 Å². The molecule has 0 saturated heterocycles. The third-order valence-corrected chi connectivity index (χ3v) is 51.0. The van der Waals surface area contributed by atoms with E-state index in [2.05, 4.69) is 359 Å². The molecule has 0 atom stereocenters. The zero-order valence-electron chi connectivity index (χ0n) is 57.0. The van der Waals surface area contributed by atoms with Gasteiger partial charge in [0, 0.05) is 31.3 Å². The van der Waals surface area contributed by atoms with Gasteiger partial charge in [-0.1, -0.05) is 307 Å². The summed E-state index contributed by atoms with van der Waals surface area (Å²) in [5.74, 6) is 0. The van der Waals surface area contributed by atoms with Crippen molar-refractivity contribution in [3.63, 3.8) is 0 Å². The standard InChI is InChI=1S/C84H96S3Si3/c1-52(2)88(53(3)4,54(5)6)70-49-67-79(85-70)73-76(82(67,61-37-25-19-26-38-61)62-39-27-20-28-40-62)74-78(84(65-45-33-23-34-46-65,66-47-35-24-36-48-66)69-51-72(86-80(69)74)90(58(13)14,59(15)16)60(17)18)75-77(73)83(63-41-29-21-30-42-63,64-43-31-22-32-44-64)68-50-71(87-81(68)75)89(55(7)8,56(9)10)57(11)12/h19-60H,1-18H3. The van der Waals surface area contributed by atoms with Crippen LogP contribution in [0.5, 0.6) is 0 Å². The quantitative estimate of drug-likeness (QED) is 0.0751. The summed E-state index contributed by atoms with van der Waals surface area (Å²) in [4.78, 5) is 4.45. The van der Waals surface area contributed by atoms with Crippen LogP contribution in [0.1, 0.15) is 191 Å². The van der Waals surface area contributed by atoms with E-state index in [1.165, 1.54) is 98.1 Å². The fraction of sp³-hybridized carbons (Fsp3) is 0.357. The molecule has 7 aromatic carbocycles. The first kappa shape index (κ1) is 63.1. The second-order valence-electron chi connectivity index (χ2n) is 29.9. The molecular weight excluding hydrogens is 1190 g/mol. The fourth-order valence-corrected chi connectivity index (χ4v) is 51.9. The smallest absolute Gasteiger partial charge is 0.107 e. The first-order valence-corrected chi connectivity index (χ1v) is 43.3. The lowest BCUT2D eigenvalue weighted by molar-refractivity contribution is 0.741. The molecule has 0 N–H and O–H groups in total. The van der Waals surface area contributed by atoms with Crippen molar-refractivity contribution in [2.45, 2.75) is 191 Å². The maximum atomic E-state index is 2.87. The summed E-state index contributed by atoms with van der Waals surface area (Å²) in [5.41, 5.74) is 24.1. The van der Waals surface area contributed by atoms with Gasteiger partial charge in [0.05, 0.1) is 16.2 Å². The lowest BCUT2D eigenvalue weighted by Gasteiger charge is -2.44. The highest BCUT2D eigenvalue weighted by Gasteiger charge is 2.64. The number of fused-ring (bicyclic) bond motifs is 12. The minimum Gasteiger partial charge on any atom is -0.145 e. The predicted octanol–water partition coefficient (Wildman–Crippen LogP) is 23.6. The van der Waals surface area contributed by atoms with E-state index in [1.54, 1.807) is 13.5 Å². The molecule has 3 aromatic heterocycles. The minimum absolute atomic E-state index is 0.534. The first-order chi connectivity index (χ1) is 43.1. The minimum atomic E-state index is -2.29. The number of rotatable bonds is 18. The van der Waals surface area contributed by atoms with Crippen LogP contribution in [0, 0.1) is 0 Å². The highest BCUT2D eigenvalue weighted by atomic mass is 32.1. The third kappa shape index (κ3) is 8.15. The monoisotopic (exact) mass is 1280 g/mol. The van der Waals surface area contributed by atoms with Crippen LogP contribution in [0.2, 0.25) is 49.9 Å². The Kier molecular flexibility index (Phi) is 16.2. The SMILES string of the molecule is CC(C)[Si](c1cc2c(s1)-c1c(c3c(c4c1C(c1ccccc1)(c1ccccc1)c1cc([Si](C(C)C)(C(C)C)C(C)C)sc1-4)C(c1ccccc1)(c1ccccc1)c1cc([Si](C(C)C)(C(C)C)C(C)C)sc1-3)C2(c1ccccc1)c1ccccc1)(C(C)C)C(C)C. The zero-order chi connectivity index (χ0) is 63.8. The predicted molar refractivity (Wildman–Crippen MR) is 404 cm³/mol. The number of hydrogen-bond donors (Lipinski definition) is 0. The van der Waals surface area contributed by atoms with Gasteiger partial charge in [0.25, 0.3) is 0 Å². The van der Waals surface area contributed by atoms with E-state index >= 15 is 0 Å². The average molecular weight is 1290 g/mol. The molecule has 0 amide bonds. The first-order valence-electron chi connectivity index (χ1n) is 34.2. The van der Waals surface area contributed by atoms with Crippen LogP contribution in [0.15, 0.2) is 200 Å². The molecule has 0 fully saturated rings. The van der Waals surface area contributed by atoms with Crippen LogP contribution in [0.3, 0.4) is 0 Å². The van der Waals surface area contributed by atoms with Crippen LogP contribution in [0.4, 0.5) is 0 Å². The van der Waals surface area contributed by atoms with E-state index in [9.17, 15) is 0 Å². The molecule has 0 unspecified atom stereocenters. The Morgan fingerprint density at radius 3 is 0.533 bits per heavy atom. The number of thiophene rings is 3. The Balaban J connectivity index is 1.41. The molecule has 13 rings (SSSR count). The second-order valence-corrected chi connectivity index (χ2v) is 51.8. The van der Waals surface area contributed by atoms with E-state index in [4.69, 9.17) is 0 Å². The van der Waals surface area contributed by atoms with Crippen LogP contribution in [0.25, 0.3) is 31.3 Å².